The van der Waals surface area contributed by atoms with Crippen LogP contribution in [0, 0.1) is 6.92 Å². The highest BCUT2D eigenvalue weighted by molar-refractivity contribution is 7.53. The van der Waals surface area contributed by atoms with Crippen LogP contribution in [0.25, 0.3) is 55.8 Å². The van der Waals surface area contributed by atoms with Crippen LogP contribution in [-0.4, -0.2) is 257 Å². The van der Waals surface area contributed by atoms with Gasteiger partial charge in [0.25, 0.3) is 27.8 Å². The molecule has 11 aromatic heterocycles. The molecule has 20 rings (SSSR count). The van der Waals surface area contributed by atoms with Crippen molar-refractivity contribution in [3.8, 4) is 11.5 Å². The molecule has 14 aromatic rings. The van der Waals surface area contributed by atoms with Crippen LogP contribution < -0.4 is 71.6 Å². The number of nitrogens with two attached hydrogens (primary N) is 5. The number of aromatic amines is 5. The summed E-state index contributed by atoms with van der Waals surface area (Å²) in [5, 5.41) is 11.2. The molecule has 3 aromatic carbocycles. The van der Waals surface area contributed by atoms with Gasteiger partial charge < -0.3 is 117 Å². The molecule has 6 aliphatic heterocycles. The zero-order chi connectivity index (χ0) is 104. The maximum Gasteiger partial charge on any atom is 0.472 e. The molecule has 17 N–H and O–H groups in total. The molecule has 149 heavy (non-hydrogen) atoms. The second-order valence-corrected chi connectivity index (χ2v) is 45.5. The number of ether oxygens (including phenoxy) is 9. The summed E-state index contributed by atoms with van der Waals surface area (Å²) in [5.74, 6) is -0.214. The molecule has 0 amide bonds. The smallest absolute Gasteiger partial charge is 0.472 e. The van der Waals surface area contributed by atoms with E-state index in [0.717, 1.165) is 35.7 Å². The number of hydrogen-bond donors (Lipinski definition) is 12. The fourth-order valence-corrected chi connectivity index (χ4v) is 23.9. The first-order valence-electron chi connectivity index (χ1n) is 46.3. The first-order chi connectivity index (χ1) is 71.2. The number of nitrogens with zero attached hydrogens (tertiary/aromatic N) is 17. The number of aromatic nitrogens is 22. The van der Waals surface area contributed by atoms with Crippen LogP contribution in [0.4, 0.5) is 29.6 Å². The van der Waals surface area contributed by atoms with E-state index in [1.807, 2.05) is 60.7 Å². The molecular weight excluding hydrogens is 2070 g/mol. The van der Waals surface area contributed by atoms with Gasteiger partial charge in [0.15, 0.2) is 67.6 Å². The Labute approximate surface area is 837 Å². The molecule has 0 aliphatic carbocycles. The summed E-state index contributed by atoms with van der Waals surface area (Å²) in [7, 11) is -23.2. The number of hydrogen-bond acceptors (Lipinski definition) is 47. The summed E-state index contributed by atoms with van der Waals surface area (Å²) in [5.41, 5.74) is 28.2. The molecular formula is C85H100N27O32P5. The largest absolute Gasteiger partial charge is 0.485 e. The second-order valence-electron chi connectivity index (χ2n) is 36.0. The van der Waals surface area contributed by atoms with E-state index in [1.54, 1.807) is 18.2 Å². The summed E-state index contributed by atoms with van der Waals surface area (Å²) in [6.07, 6.45) is -15.3. The number of aliphatic hydroxyl groups is 1. The topological polar surface area (TPSA) is 784 Å². The van der Waals surface area contributed by atoms with E-state index in [9.17, 15) is 47.9 Å². The lowest BCUT2D eigenvalue weighted by molar-refractivity contribution is -0.0704. The van der Waals surface area contributed by atoms with E-state index in [-0.39, 0.29) is 156 Å². The van der Waals surface area contributed by atoms with Gasteiger partial charge in [-0.25, -0.2) is 44.2 Å². The fraction of sp³-hybridized carbons (Fsp3) is 0.447. The van der Waals surface area contributed by atoms with Crippen molar-refractivity contribution in [1.29, 1.82) is 0 Å². The summed E-state index contributed by atoms with van der Waals surface area (Å²) >= 11 is 0. The van der Waals surface area contributed by atoms with Gasteiger partial charge in [-0.05, 0) is 35.7 Å². The van der Waals surface area contributed by atoms with Gasteiger partial charge in [-0.2, -0.15) is 19.9 Å². The molecule has 6 saturated heterocycles. The number of imidazole rings is 5. The van der Waals surface area contributed by atoms with Gasteiger partial charge in [-0.15, -0.1) is 0 Å². The minimum Gasteiger partial charge on any atom is -0.485 e. The lowest BCUT2D eigenvalue weighted by Gasteiger charge is -2.27. The van der Waals surface area contributed by atoms with E-state index < -0.39 is 215 Å². The first kappa shape index (κ1) is 103. The van der Waals surface area contributed by atoms with Crippen molar-refractivity contribution < 1.29 is 121 Å². The highest BCUT2D eigenvalue weighted by Crippen LogP contribution is 2.58. The van der Waals surface area contributed by atoms with Crippen molar-refractivity contribution in [2.45, 2.75) is 176 Å². The number of phosphoric acid groups is 1. The summed E-state index contributed by atoms with van der Waals surface area (Å²) in [6.45, 7) is 2.52. The van der Waals surface area contributed by atoms with Gasteiger partial charge in [0, 0.05) is 76.9 Å². The number of nitrogen functional groups attached to an aromatic ring is 5. The molecule has 6 aliphatic rings. The van der Waals surface area contributed by atoms with Crippen LogP contribution in [-0.2, 0) is 121 Å². The third-order valence-electron chi connectivity index (χ3n) is 25.2. The molecule has 792 valence electrons. The predicted molar refractivity (Wildman–Crippen MR) is 519 cm³/mol. The Morgan fingerprint density at radius 3 is 1.12 bits per heavy atom. The Morgan fingerprint density at radius 2 is 0.711 bits per heavy atom. The molecule has 0 bridgehead atoms. The average Bonchev–Trinajstić information content (AvgIpc) is 1.63. The second kappa shape index (κ2) is 42.2. The summed E-state index contributed by atoms with van der Waals surface area (Å²) in [4.78, 5) is 149. The number of nitrogens with one attached hydrogen (secondary N) is 5. The van der Waals surface area contributed by atoms with E-state index in [1.165, 1.54) is 80.6 Å². The number of aryl methyl sites for hydroxylation is 1. The third-order valence-corrected chi connectivity index (χ3v) is 31.3. The van der Waals surface area contributed by atoms with Gasteiger partial charge in [0.2, 0.25) is 23.8 Å². The highest BCUT2D eigenvalue weighted by Gasteiger charge is 2.51. The zero-order valence-electron chi connectivity index (χ0n) is 79.4. The Morgan fingerprint density at radius 1 is 0.369 bits per heavy atom. The summed E-state index contributed by atoms with van der Waals surface area (Å²) < 4.78 is 202. The molecule has 0 saturated carbocycles. The monoisotopic (exact) mass is 2170 g/mol. The molecule has 17 heterocycles. The maximum absolute atomic E-state index is 15.4. The van der Waals surface area contributed by atoms with E-state index in [0.29, 0.717) is 17.1 Å². The van der Waals surface area contributed by atoms with Crippen LogP contribution in [0.15, 0.2) is 152 Å². The molecule has 23 unspecified atom stereocenters. The van der Waals surface area contributed by atoms with Crippen LogP contribution in [0.2, 0.25) is 0 Å². The van der Waals surface area contributed by atoms with Gasteiger partial charge in [0.05, 0.1) is 108 Å². The molecule has 0 radical (unpaired) electrons. The Hall–Kier alpha value is -12.7. The normalized spacial score (nSPS) is 26.2. The number of fused-ring (bicyclic) bond motifs is 5. The van der Waals surface area contributed by atoms with Crippen molar-refractivity contribution in [1.82, 2.24) is 107 Å². The lowest BCUT2D eigenvalue weighted by Crippen LogP contribution is -2.33. The molecule has 23 atom stereocenters. The van der Waals surface area contributed by atoms with Crippen LogP contribution >= 0.6 is 38.2 Å². The maximum atomic E-state index is 15.4. The predicted octanol–water partition coefficient (Wildman–Crippen LogP) is 4.99. The number of phosphoric ester groups is 1. The SMILES string of the molecule is Cc1cn(C2CC(OP(=O)(O)OCC3OC(n4cnc5c(=O)[nH]c(N)nc54)CC3OP(C)(=O)OCC3OC(n4cnc5c(=O)[nH]c(N)nc54)CC3OP(C)(=O)OCC3OC(n4cnc5c(=O)[nH]c(N)nc54)CC3OP(C)(=O)OCC3OC(n4cnc5c(N)ncnc54)CC3OP(C)(=O)OCC3OC(n4cnc5c(=O)[nH]c(N)nc54)CC3O)C(COCc3ccc(OCc4ccccc4)c(OCc4ccccc4)c3)O2)c(=O)[nH]c1=O. The minimum atomic E-state index is -5.37. The number of rotatable bonds is 41. The highest BCUT2D eigenvalue weighted by atomic mass is 31.2. The van der Waals surface area contributed by atoms with E-state index >= 15 is 13.7 Å². The Kier molecular flexibility index (Phi) is 29.3. The Bertz CT molecular complexity index is 8010. The Balaban J connectivity index is 0.526. The van der Waals surface area contributed by atoms with Crippen LogP contribution in [0.1, 0.15) is 98.1 Å². The molecule has 64 heteroatoms. The van der Waals surface area contributed by atoms with Crippen molar-refractivity contribution in [3.63, 3.8) is 0 Å². The van der Waals surface area contributed by atoms with E-state index in [2.05, 4.69) is 79.7 Å². The number of aliphatic hydroxyl groups excluding tert-OH is 1. The van der Waals surface area contributed by atoms with Crippen LogP contribution in [0.3, 0.4) is 0 Å². The van der Waals surface area contributed by atoms with Gasteiger partial charge in [-0.1, -0.05) is 66.7 Å². The van der Waals surface area contributed by atoms with Gasteiger partial charge >= 0.3 is 43.9 Å². The first-order valence-corrected chi connectivity index (χ1v) is 55.7. The van der Waals surface area contributed by atoms with Gasteiger partial charge in [-0.3, -0.25) is 104 Å². The van der Waals surface area contributed by atoms with Crippen molar-refractivity contribution >= 4 is 124 Å². The quantitative estimate of drug-likeness (QED) is 0.0224. The fourth-order valence-electron chi connectivity index (χ4n) is 18.1. The number of benzene rings is 3. The molecule has 59 nitrogen and oxygen atoms in total. The van der Waals surface area contributed by atoms with E-state index in [4.69, 9.17) is 117 Å². The number of anilines is 5. The van der Waals surface area contributed by atoms with Crippen molar-refractivity contribution in [2.24, 2.45) is 0 Å². The van der Waals surface area contributed by atoms with Crippen LogP contribution in [0.5, 0.6) is 11.5 Å². The summed E-state index contributed by atoms with van der Waals surface area (Å²) in [6, 6.07) is 24.3. The molecule has 6 fully saturated rings. The zero-order valence-corrected chi connectivity index (χ0v) is 83.9. The number of H-pyrrole nitrogens is 5. The molecule has 0 spiro atoms. The lowest BCUT2D eigenvalue weighted by atomic mass is 10.2. The average molecular weight is 2170 g/mol. The standard InChI is InChI=1S/C85H100N27O32P5/c1-41-25-107(85(119)106-76(41)114)60-24-52(54(135-60)29-126-26-44-16-17-46(127-27-42-12-8-6-9-13-42)47(18-44)128-28-43-14-10-7-11-15-43)144-149(124,125)133-34-58-51(23-64(139-58)112-40-97-69-75(112)101-84(90)105-80(69)118)143-148(5,123)132-33-57-50(22-63(138-57)111-39-96-68-74(111)100-83(89)104-79(68)117)142-147(4,122)131-32-56-49(21-62(137-56)110-38-95-67-73(110)99-82(88)103-78(67)116)141-146(3,121)130-31-55-48(20-61(136-55)108-36-93-65-70(86)91-35-92-71(65)108)140-145(2,120)129-30-53-45(113)19-59(134-53)109-37-94-66-72(109)98-81(87)102-77(66)115/h6-18,25,35-40,45,48-64,113H,19-24,26-34H2,1-5H3,(H,124,125)(H2,86,91,92)(H,106,114,119)(H3,87,98,102,115)(H3,88,99,103,116)(H3,89,100,104,117)(H3,90,101,105,118). The third kappa shape index (κ3) is 23.1. The van der Waals surface area contributed by atoms with Gasteiger partial charge in [0.1, 0.15) is 105 Å². The van der Waals surface area contributed by atoms with Crippen molar-refractivity contribution in [3.05, 3.63) is 208 Å². The van der Waals surface area contributed by atoms with Crippen molar-refractivity contribution in [2.75, 3.05) is 95.0 Å². The minimum absolute atomic E-state index is 0.0356.